The number of nitrogens with one attached hydrogen (secondary N) is 1. The van der Waals surface area contributed by atoms with E-state index in [0.717, 1.165) is 29.4 Å². The highest BCUT2D eigenvalue weighted by Crippen LogP contribution is 2.26. The Morgan fingerprint density at radius 3 is 2.52 bits per heavy atom. The molecule has 2 aromatic heterocycles. The van der Waals surface area contributed by atoms with E-state index < -0.39 is 11.9 Å². The number of carbonyl (C=O) groups is 2. The van der Waals surface area contributed by atoms with Crippen LogP contribution in [0.5, 0.6) is 0 Å². The van der Waals surface area contributed by atoms with E-state index in [9.17, 15) is 14.4 Å². The summed E-state index contributed by atoms with van der Waals surface area (Å²) < 4.78 is 7.37. The van der Waals surface area contributed by atoms with Crippen molar-refractivity contribution in [2.24, 2.45) is 0 Å². The zero-order valence-corrected chi connectivity index (χ0v) is 14.2. The molecule has 3 aromatic rings. The van der Waals surface area contributed by atoms with Gasteiger partial charge in [0.05, 0.1) is 35.3 Å². The van der Waals surface area contributed by atoms with Gasteiger partial charge >= 0.3 is 11.9 Å². The van der Waals surface area contributed by atoms with Crippen LogP contribution in [0.1, 0.15) is 12.5 Å². The molecule has 4 rings (SSSR count). The average Bonchev–Trinajstić information content (AvgIpc) is 3.30. The van der Waals surface area contributed by atoms with Crippen molar-refractivity contribution in [1.29, 1.82) is 0 Å². The Kier molecular flexibility index (Phi) is 5.32. The lowest BCUT2D eigenvalue weighted by atomic mass is 10.1. The maximum Gasteiger partial charge on any atom is 0.328 e. The molecule has 9 nitrogen and oxygen atoms in total. The van der Waals surface area contributed by atoms with Crippen LogP contribution in [-0.4, -0.2) is 50.1 Å². The Hall–Kier alpha value is -3.46. The summed E-state index contributed by atoms with van der Waals surface area (Å²) in [6.07, 6.45) is 3.71. The van der Waals surface area contributed by atoms with Gasteiger partial charge in [0.2, 0.25) is 0 Å². The molecule has 27 heavy (non-hydrogen) atoms. The van der Waals surface area contributed by atoms with Crippen LogP contribution in [0.3, 0.4) is 0 Å². The summed E-state index contributed by atoms with van der Waals surface area (Å²) in [4.78, 5) is 34.1. The van der Waals surface area contributed by atoms with Crippen LogP contribution in [-0.2, 0) is 14.3 Å². The van der Waals surface area contributed by atoms with Gasteiger partial charge in [-0.05, 0) is 12.5 Å². The smallest absolute Gasteiger partial charge is 0.328 e. The number of rotatable bonds is 3. The number of carboxylic acids is 2. The molecule has 1 aromatic carbocycles. The quantitative estimate of drug-likeness (QED) is 0.595. The Balaban J connectivity index is 0.000000226. The van der Waals surface area contributed by atoms with Crippen molar-refractivity contribution in [3.8, 4) is 0 Å². The molecule has 0 radical (unpaired) electrons. The van der Waals surface area contributed by atoms with Gasteiger partial charge in [0, 0.05) is 24.1 Å². The molecule has 9 heteroatoms. The van der Waals surface area contributed by atoms with Crippen LogP contribution in [0.4, 0.5) is 0 Å². The van der Waals surface area contributed by atoms with E-state index in [1.165, 1.54) is 0 Å². The van der Waals surface area contributed by atoms with Gasteiger partial charge in [0.25, 0.3) is 5.56 Å². The van der Waals surface area contributed by atoms with E-state index in [-0.39, 0.29) is 11.6 Å². The van der Waals surface area contributed by atoms with Crippen LogP contribution in [0.25, 0.3) is 21.8 Å². The van der Waals surface area contributed by atoms with Crippen LogP contribution in [0.2, 0.25) is 0 Å². The van der Waals surface area contributed by atoms with Crippen molar-refractivity contribution >= 4 is 33.7 Å². The summed E-state index contributed by atoms with van der Waals surface area (Å²) in [6.45, 7) is 1.42. The van der Waals surface area contributed by atoms with E-state index in [1.54, 1.807) is 6.20 Å². The topological polar surface area (TPSA) is 135 Å². The highest BCUT2D eigenvalue weighted by Gasteiger charge is 2.22. The number of aliphatic carboxylic acids is 2. The summed E-state index contributed by atoms with van der Waals surface area (Å²) in [5, 5.41) is 21.7. The molecule has 140 valence electrons. The number of para-hydroxylation sites is 1. The number of aromatic amines is 1. The van der Waals surface area contributed by atoms with E-state index in [4.69, 9.17) is 14.9 Å². The van der Waals surface area contributed by atoms with Gasteiger partial charge in [0.1, 0.15) is 0 Å². The molecule has 3 N–H and O–H groups in total. The highest BCUT2D eigenvalue weighted by atomic mass is 16.5. The van der Waals surface area contributed by atoms with Gasteiger partial charge in [-0.3, -0.25) is 9.48 Å². The number of ether oxygens (including phenoxy) is 1. The van der Waals surface area contributed by atoms with E-state index >= 15 is 0 Å². The fourth-order valence-corrected chi connectivity index (χ4v) is 2.92. The maximum absolute atomic E-state index is 12.1. The first-order valence-electron chi connectivity index (χ1n) is 8.17. The number of fused-ring (bicyclic) bond motifs is 3. The highest BCUT2D eigenvalue weighted by molar-refractivity contribution is 6.02. The molecular formula is C18H17N3O6. The molecule has 1 unspecified atom stereocenters. The van der Waals surface area contributed by atoms with Crippen molar-refractivity contribution in [2.75, 3.05) is 13.2 Å². The number of carboxylic acid groups (broad SMARTS) is 2. The minimum absolute atomic E-state index is 0.0844. The van der Waals surface area contributed by atoms with Crippen molar-refractivity contribution in [1.82, 2.24) is 14.8 Å². The van der Waals surface area contributed by atoms with Crippen molar-refractivity contribution < 1.29 is 24.5 Å². The molecule has 1 fully saturated rings. The molecular weight excluding hydrogens is 354 g/mol. The van der Waals surface area contributed by atoms with Gasteiger partial charge in [-0.1, -0.05) is 18.2 Å². The second kappa shape index (κ2) is 7.83. The summed E-state index contributed by atoms with van der Waals surface area (Å²) >= 11 is 0. The third-order valence-electron chi connectivity index (χ3n) is 4.09. The molecule has 1 atom stereocenters. The average molecular weight is 371 g/mol. The Bertz CT molecular complexity index is 1060. The molecule has 1 aliphatic heterocycles. The minimum Gasteiger partial charge on any atom is -0.478 e. The van der Waals surface area contributed by atoms with E-state index in [1.807, 2.05) is 28.9 Å². The van der Waals surface area contributed by atoms with Crippen LogP contribution in [0, 0.1) is 0 Å². The second-order valence-corrected chi connectivity index (χ2v) is 5.88. The van der Waals surface area contributed by atoms with Crippen molar-refractivity contribution in [3.63, 3.8) is 0 Å². The van der Waals surface area contributed by atoms with Gasteiger partial charge in [-0.2, -0.15) is 5.10 Å². The fourth-order valence-electron chi connectivity index (χ4n) is 2.92. The molecule has 1 saturated heterocycles. The molecule has 0 aliphatic carbocycles. The first-order valence-corrected chi connectivity index (χ1v) is 8.17. The van der Waals surface area contributed by atoms with Gasteiger partial charge < -0.3 is 19.9 Å². The van der Waals surface area contributed by atoms with Gasteiger partial charge in [-0.15, -0.1) is 0 Å². The molecule has 0 bridgehead atoms. The SMILES string of the molecule is O=C(O)/C=C\C(=O)O.O=c1[nH]c2ccccc2c2c1cnn2C1CCOC1. The fraction of sp³-hybridized carbons (Fsp3) is 0.222. The molecule has 0 amide bonds. The lowest BCUT2D eigenvalue weighted by molar-refractivity contribution is -0.134. The van der Waals surface area contributed by atoms with E-state index in [2.05, 4.69) is 10.1 Å². The first kappa shape index (κ1) is 18.3. The number of aromatic nitrogens is 3. The summed E-state index contributed by atoms with van der Waals surface area (Å²) in [6, 6.07) is 8.05. The van der Waals surface area contributed by atoms with Crippen LogP contribution >= 0.6 is 0 Å². The normalized spacial score (nSPS) is 16.5. The third kappa shape index (κ3) is 4.04. The second-order valence-electron chi connectivity index (χ2n) is 5.88. The Labute approximate surface area is 152 Å². The number of nitrogens with zero attached hydrogens (tertiary/aromatic N) is 2. The minimum atomic E-state index is -1.26. The zero-order chi connectivity index (χ0) is 19.4. The number of H-pyrrole nitrogens is 1. The predicted octanol–water partition coefficient (Wildman–Crippen LogP) is 1.55. The van der Waals surface area contributed by atoms with Crippen LogP contribution < -0.4 is 5.56 Å². The monoisotopic (exact) mass is 371 g/mol. The predicted molar refractivity (Wildman–Crippen MR) is 96.7 cm³/mol. The molecule has 3 heterocycles. The van der Waals surface area contributed by atoms with Crippen molar-refractivity contribution in [3.05, 3.63) is 53.0 Å². The summed E-state index contributed by atoms with van der Waals surface area (Å²) in [5.41, 5.74) is 1.68. The Morgan fingerprint density at radius 2 is 1.89 bits per heavy atom. The largest absolute Gasteiger partial charge is 0.478 e. The zero-order valence-electron chi connectivity index (χ0n) is 14.2. The van der Waals surface area contributed by atoms with Crippen LogP contribution in [0.15, 0.2) is 47.4 Å². The van der Waals surface area contributed by atoms with Gasteiger partial charge in [0.15, 0.2) is 0 Å². The van der Waals surface area contributed by atoms with E-state index in [0.29, 0.717) is 24.1 Å². The Morgan fingerprint density at radius 1 is 1.19 bits per heavy atom. The number of pyridine rings is 1. The number of hydrogen-bond donors (Lipinski definition) is 3. The maximum atomic E-state index is 12.1. The van der Waals surface area contributed by atoms with Crippen molar-refractivity contribution in [2.45, 2.75) is 12.5 Å². The molecule has 1 aliphatic rings. The molecule has 0 spiro atoms. The summed E-state index contributed by atoms with van der Waals surface area (Å²) in [7, 11) is 0. The lowest BCUT2D eigenvalue weighted by Crippen LogP contribution is -2.12. The molecule has 0 saturated carbocycles. The standard InChI is InChI=1S/C14H13N3O2.C4H4O4/c18-14-11-7-15-17(9-5-6-19-8-9)13(11)10-3-1-2-4-12(10)16-14;5-3(6)1-2-4(7)8/h1-4,7,9H,5-6,8H2,(H,16,18);1-2H,(H,5,6)(H,7,8)/b;2-1-. The number of hydrogen-bond acceptors (Lipinski definition) is 5. The number of benzene rings is 1. The lowest BCUT2D eigenvalue weighted by Gasteiger charge is -2.11. The first-order chi connectivity index (χ1) is 13.0. The van der Waals surface area contributed by atoms with Gasteiger partial charge in [-0.25, -0.2) is 9.59 Å². The summed E-state index contributed by atoms with van der Waals surface area (Å²) in [5.74, 6) is -2.51. The third-order valence-corrected chi connectivity index (χ3v) is 4.09.